The van der Waals surface area contributed by atoms with Crippen LogP contribution >= 0.6 is 28.3 Å². The Labute approximate surface area is 143 Å². The molecule has 0 fully saturated rings. The number of anilines is 1. The molecule has 3 aromatic rings. The summed E-state index contributed by atoms with van der Waals surface area (Å²) in [6, 6.07) is 11.0. The van der Waals surface area contributed by atoms with Gasteiger partial charge in [0.15, 0.2) is 0 Å². The lowest BCUT2D eigenvalue weighted by Crippen LogP contribution is -2.28. The highest BCUT2D eigenvalue weighted by Gasteiger charge is 2.25. The standard InChI is InChI=1S/C16H15BrN4.ClH/c17-14-8-11(7-10-3-1-2-4-12(10)14)21-16-13-5-6-18-15(13)19-9-20-16;/h1-6,9,11,14H,7-8H2,(H2,18,19,20,21);1H. The summed E-state index contributed by atoms with van der Waals surface area (Å²) in [5, 5.41) is 4.62. The Morgan fingerprint density at radius 1 is 1.18 bits per heavy atom. The van der Waals surface area contributed by atoms with Gasteiger partial charge in [0.1, 0.15) is 17.8 Å². The monoisotopic (exact) mass is 378 g/mol. The number of nitrogens with zero attached hydrogens (tertiary/aromatic N) is 2. The first-order chi connectivity index (χ1) is 10.3. The lowest BCUT2D eigenvalue weighted by molar-refractivity contribution is 0.606. The van der Waals surface area contributed by atoms with Crippen molar-refractivity contribution in [3.05, 3.63) is 54.0 Å². The van der Waals surface area contributed by atoms with Crippen molar-refractivity contribution in [3.63, 3.8) is 0 Å². The Morgan fingerprint density at radius 2 is 2.05 bits per heavy atom. The second kappa shape index (κ2) is 6.26. The maximum absolute atomic E-state index is 4.40. The molecule has 0 amide bonds. The molecule has 0 radical (unpaired) electrons. The van der Waals surface area contributed by atoms with E-state index in [1.165, 1.54) is 11.1 Å². The van der Waals surface area contributed by atoms with Crippen LogP contribution in [-0.4, -0.2) is 21.0 Å². The van der Waals surface area contributed by atoms with E-state index in [1.807, 2.05) is 12.3 Å². The minimum absolute atomic E-state index is 0. The van der Waals surface area contributed by atoms with Gasteiger partial charge in [-0.2, -0.15) is 0 Å². The Hall–Kier alpha value is -1.59. The number of H-pyrrole nitrogens is 1. The third-order valence-corrected chi connectivity index (χ3v) is 4.91. The summed E-state index contributed by atoms with van der Waals surface area (Å²) in [6.07, 6.45) is 5.57. The minimum atomic E-state index is 0. The van der Waals surface area contributed by atoms with Crippen LogP contribution in [0.3, 0.4) is 0 Å². The zero-order valence-electron chi connectivity index (χ0n) is 11.8. The molecule has 0 aliphatic heterocycles. The van der Waals surface area contributed by atoms with Gasteiger partial charge in [-0.15, -0.1) is 12.4 Å². The molecular formula is C16H16BrClN4. The van der Waals surface area contributed by atoms with Crippen LogP contribution in [0.2, 0.25) is 0 Å². The summed E-state index contributed by atoms with van der Waals surface area (Å²) < 4.78 is 0. The molecule has 0 spiro atoms. The van der Waals surface area contributed by atoms with E-state index in [9.17, 15) is 0 Å². The summed E-state index contributed by atoms with van der Waals surface area (Å²) in [5.74, 6) is 0.908. The predicted molar refractivity (Wildman–Crippen MR) is 95.0 cm³/mol. The molecule has 4 nitrogen and oxygen atoms in total. The van der Waals surface area contributed by atoms with Gasteiger partial charge in [0.05, 0.1) is 5.39 Å². The molecule has 0 saturated carbocycles. The van der Waals surface area contributed by atoms with Crippen LogP contribution in [0.4, 0.5) is 5.82 Å². The van der Waals surface area contributed by atoms with E-state index in [0.29, 0.717) is 10.9 Å². The fourth-order valence-corrected chi connectivity index (χ4v) is 3.94. The SMILES string of the molecule is BrC1CC(Nc2ncnc3[nH]ccc23)Cc2ccccc21.Cl. The quantitative estimate of drug-likeness (QED) is 0.655. The maximum Gasteiger partial charge on any atom is 0.142 e. The van der Waals surface area contributed by atoms with Gasteiger partial charge in [-0.1, -0.05) is 40.2 Å². The van der Waals surface area contributed by atoms with Crippen LogP contribution in [0.1, 0.15) is 22.4 Å². The number of rotatable bonds is 2. The molecule has 6 heteroatoms. The lowest BCUT2D eigenvalue weighted by Gasteiger charge is -2.29. The van der Waals surface area contributed by atoms with Gasteiger partial charge in [-0.3, -0.25) is 0 Å². The van der Waals surface area contributed by atoms with Gasteiger partial charge in [0.2, 0.25) is 0 Å². The van der Waals surface area contributed by atoms with Crippen molar-refractivity contribution in [1.82, 2.24) is 15.0 Å². The summed E-state index contributed by atoms with van der Waals surface area (Å²) in [5.41, 5.74) is 3.69. The largest absolute Gasteiger partial charge is 0.366 e. The molecule has 1 aromatic carbocycles. The van der Waals surface area contributed by atoms with E-state index in [4.69, 9.17) is 0 Å². The molecule has 2 unspecified atom stereocenters. The van der Waals surface area contributed by atoms with Gasteiger partial charge in [0.25, 0.3) is 0 Å². The second-order valence-corrected chi connectivity index (χ2v) is 6.51. The molecule has 2 N–H and O–H groups in total. The highest BCUT2D eigenvalue weighted by Crippen LogP contribution is 2.37. The van der Waals surface area contributed by atoms with Gasteiger partial charge >= 0.3 is 0 Å². The third-order valence-electron chi connectivity index (χ3n) is 4.05. The van der Waals surface area contributed by atoms with E-state index in [0.717, 1.165) is 29.7 Å². The molecule has 4 rings (SSSR count). The number of fused-ring (bicyclic) bond motifs is 2. The minimum Gasteiger partial charge on any atom is -0.366 e. The first kappa shape index (κ1) is 15.3. The fraction of sp³-hybridized carbons (Fsp3) is 0.250. The van der Waals surface area contributed by atoms with E-state index in [1.54, 1.807) is 6.33 Å². The molecule has 0 saturated heterocycles. The third kappa shape index (κ3) is 2.71. The zero-order valence-corrected chi connectivity index (χ0v) is 14.2. The van der Waals surface area contributed by atoms with Crippen LogP contribution < -0.4 is 5.32 Å². The average molecular weight is 380 g/mol. The van der Waals surface area contributed by atoms with Crippen molar-refractivity contribution in [1.29, 1.82) is 0 Å². The van der Waals surface area contributed by atoms with Gasteiger partial charge in [-0.05, 0) is 30.0 Å². The molecular weight excluding hydrogens is 364 g/mol. The lowest BCUT2D eigenvalue weighted by atomic mass is 9.88. The van der Waals surface area contributed by atoms with Crippen LogP contribution in [0.5, 0.6) is 0 Å². The highest BCUT2D eigenvalue weighted by atomic mass is 79.9. The number of hydrogen-bond donors (Lipinski definition) is 2. The Kier molecular flexibility index (Phi) is 4.36. The predicted octanol–water partition coefficient (Wildman–Crippen LogP) is 4.24. The van der Waals surface area contributed by atoms with Crippen molar-refractivity contribution in [2.75, 3.05) is 5.32 Å². The van der Waals surface area contributed by atoms with Crippen molar-refractivity contribution in [2.24, 2.45) is 0 Å². The Balaban J connectivity index is 0.00000144. The van der Waals surface area contributed by atoms with Crippen LogP contribution in [0.25, 0.3) is 11.0 Å². The summed E-state index contributed by atoms with van der Waals surface area (Å²) >= 11 is 3.80. The van der Waals surface area contributed by atoms with Crippen molar-refractivity contribution in [3.8, 4) is 0 Å². The van der Waals surface area contributed by atoms with Gasteiger partial charge in [-0.25, -0.2) is 9.97 Å². The van der Waals surface area contributed by atoms with E-state index < -0.39 is 0 Å². The Morgan fingerprint density at radius 3 is 2.95 bits per heavy atom. The summed E-state index contributed by atoms with van der Waals surface area (Å²) in [6.45, 7) is 0. The number of hydrogen-bond acceptors (Lipinski definition) is 3. The first-order valence-electron chi connectivity index (χ1n) is 7.08. The fourth-order valence-electron chi connectivity index (χ4n) is 3.04. The molecule has 22 heavy (non-hydrogen) atoms. The summed E-state index contributed by atoms with van der Waals surface area (Å²) in [4.78, 5) is 12.1. The number of aromatic nitrogens is 3. The molecule has 114 valence electrons. The Bertz CT molecular complexity index is 788. The normalized spacial score (nSPS) is 20.2. The molecule has 0 bridgehead atoms. The van der Waals surface area contributed by atoms with Crippen molar-refractivity contribution >= 4 is 45.2 Å². The summed E-state index contributed by atoms with van der Waals surface area (Å²) in [7, 11) is 0. The van der Waals surface area contributed by atoms with Crippen LogP contribution in [0.15, 0.2) is 42.9 Å². The first-order valence-corrected chi connectivity index (χ1v) is 7.99. The van der Waals surface area contributed by atoms with Crippen LogP contribution in [-0.2, 0) is 6.42 Å². The molecule has 1 aliphatic rings. The molecule has 2 atom stereocenters. The van der Waals surface area contributed by atoms with Crippen molar-refractivity contribution in [2.45, 2.75) is 23.7 Å². The van der Waals surface area contributed by atoms with E-state index >= 15 is 0 Å². The van der Waals surface area contributed by atoms with E-state index in [2.05, 4.69) is 60.5 Å². The van der Waals surface area contributed by atoms with Crippen molar-refractivity contribution < 1.29 is 0 Å². The maximum atomic E-state index is 4.40. The number of aromatic amines is 1. The average Bonchev–Trinajstić information content (AvgIpc) is 2.97. The number of halogens is 2. The zero-order chi connectivity index (χ0) is 14.2. The molecule has 2 heterocycles. The smallest absolute Gasteiger partial charge is 0.142 e. The highest BCUT2D eigenvalue weighted by molar-refractivity contribution is 9.09. The number of nitrogens with one attached hydrogen (secondary N) is 2. The van der Waals surface area contributed by atoms with E-state index in [-0.39, 0.29) is 12.4 Å². The van der Waals surface area contributed by atoms with Gasteiger partial charge in [0, 0.05) is 17.1 Å². The molecule has 2 aromatic heterocycles. The molecule has 1 aliphatic carbocycles. The second-order valence-electron chi connectivity index (χ2n) is 5.41. The number of alkyl halides is 1. The van der Waals surface area contributed by atoms with Gasteiger partial charge < -0.3 is 10.3 Å². The van der Waals surface area contributed by atoms with Crippen LogP contribution in [0, 0.1) is 0 Å². The topological polar surface area (TPSA) is 53.6 Å². The number of benzene rings is 1.